The first-order valence-electron chi connectivity index (χ1n) is 6.88. The summed E-state index contributed by atoms with van der Waals surface area (Å²) in [5, 5.41) is 0. The molecular formula is C18H24. The minimum Gasteiger partial charge on any atom is -0.0683 e. The standard InChI is InChI=1S/C16H18.C2H6/c1-4-14-6-5-7-16(13(14)3)15-10-8-12(2)9-11-15;1-2/h5-11H,4H2,1-3H3;1-2H3. The quantitative estimate of drug-likeness (QED) is 0.644. The van der Waals surface area contributed by atoms with E-state index in [-0.39, 0.29) is 0 Å². The molecule has 0 unspecified atom stereocenters. The highest BCUT2D eigenvalue weighted by molar-refractivity contribution is 5.68. The number of hydrogen-bond donors (Lipinski definition) is 0. The van der Waals surface area contributed by atoms with E-state index >= 15 is 0 Å². The van der Waals surface area contributed by atoms with Gasteiger partial charge < -0.3 is 0 Å². The van der Waals surface area contributed by atoms with Crippen molar-refractivity contribution in [2.45, 2.75) is 41.0 Å². The zero-order chi connectivity index (χ0) is 13.5. The molecular weight excluding hydrogens is 216 g/mol. The highest BCUT2D eigenvalue weighted by Crippen LogP contribution is 2.26. The first-order chi connectivity index (χ1) is 8.72. The van der Waals surface area contributed by atoms with Crippen molar-refractivity contribution in [3.8, 4) is 11.1 Å². The molecule has 0 aromatic heterocycles. The van der Waals surface area contributed by atoms with Gasteiger partial charge in [0.05, 0.1) is 0 Å². The molecule has 0 fully saturated rings. The lowest BCUT2D eigenvalue weighted by atomic mass is 9.95. The summed E-state index contributed by atoms with van der Waals surface area (Å²) in [6, 6.07) is 15.3. The van der Waals surface area contributed by atoms with Gasteiger partial charge in [-0.15, -0.1) is 0 Å². The summed E-state index contributed by atoms with van der Waals surface area (Å²) in [6.07, 6.45) is 1.10. The molecule has 96 valence electrons. The summed E-state index contributed by atoms with van der Waals surface area (Å²) in [6.45, 7) is 10.5. The third-order valence-electron chi connectivity index (χ3n) is 3.19. The van der Waals surface area contributed by atoms with Crippen LogP contribution >= 0.6 is 0 Å². The van der Waals surface area contributed by atoms with Gasteiger partial charge in [0, 0.05) is 0 Å². The van der Waals surface area contributed by atoms with Crippen molar-refractivity contribution in [3.05, 3.63) is 59.2 Å². The minimum absolute atomic E-state index is 1.10. The third-order valence-corrected chi connectivity index (χ3v) is 3.19. The summed E-state index contributed by atoms with van der Waals surface area (Å²) in [5.41, 5.74) is 6.85. The zero-order valence-electron chi connectivity index (χ0n) is 12.2. The van der Waals surface area contributed by atoms with Gasteiger partial charge in [-0.2, -0.15) is 0 Å². The van der Waals surface area contributed by atoms with E-state index in [2.05, 4.69) is 63.2 Å². The monoisotopic (exact) mass is 240 g/mol. The van der Waals surface area contributed by atoms with Crippen molar-refractivity contribution >= 4 is 0 Å². The molecule has 0 bridgehead atoms. The lowest BCUT2D eigenvalue weighted by Crippen LogP contribution is -1.90. The average molecular weight is 240 g/mol. The normalized spacial score (nSPS) is 9.61. The second kappa shape index (κ2) is 7.00. The number of benzene rings is 2. The van der Waals surface area contributed by atoms with Crippen LogP contribution in [0.3, 0.4) is 0 Å². The molecule has 2 aromatic rings. The number of hydrogen-bond acceptors (Lipinski definition) is 0. The van der Waals surface area contributed by atoms with Gasteiger partial charge in [-0.25, -0.2) is 0 Å². The van der Waals surface area contributed by atoms with E-state index < -0.39 is 0 Å². The van der Waals surface area contributed by atoms with Crippen molar-refractivity contribution in [2.75, 3.05) is 0 Å². The molecule has 0 aliphatic heterocycles. The van der Waals surface area contributed by atoms with Crippen LogP contribution in [0.15, 0.2) is 42.5 Å². The van der Waals surface area contributed by atoms with Crippen molar-refractivity contribution in [2.24, 2.45) is 0 Å². The maximum atomic E-state index is 2.22. The third kappa shape index (κ3) is 3.22. The predicted octanol–water partition coefficient (Wildman–Crippen LogP) is 5.56. The van der Waals surface area contributed by atoms with Crippen LogP contribution in [0.4, 0.5) is 0 Å². The van der Waals surface area contributed by atoms with Crippen molar-refractivity contribution < 1.29 is 0 Å². The smallest absolute Gasteiger partial charge is 0.0152 e. The Morgan fingerprint density at radius 1 is 0.833 bits per heavy atom. The molecule has 0 atom stereocenters. The Bertz CT molecular complexity index is 478. The Hall–Kier alpha value is -1.56. The molecule has 2 rings (SSSR count). The van der Waals surface area contributed by atoms with E-state index in [4.69, 9.17) is 0 Å². The Balaban J connectivity index is 0.000000771. The molecule has 0 spiro atoms. The zero-order valence-corrected chi connectivity index (χ0v) is 12.2. The average Bonchev–Trinajstić information content (AvgIpc) is 2.42. The lowest BCUT2D eigenvalue weighted by molar-refractivity contribution is 1.11. The van der Waals surface area contributed by atoms with Gasteiger partial charge in [-0.05, 0) is 42.5 Å². The Morgan fingerprint density at radius 2 is 1.44 bits per heavy atom. The SMILES string of the molecule is CC.CCc1cccc(-c2ccc(C)cc2)c1C. The van der Waals surface area contributed by atoms with Gasteiger partial charge in [0.25, 0.3) is 0 Å². The topological polar surface area (TPSA) is 0 Å². The van der Waals surface area contributed by atoms with Gasteiger partial charge in [-0.3, -0.25) is 0 Å². The molecule has 0 aliphatic rings. The highest BCUT2D eigenvalue weighted by Gasteiger charge is 2.04. The molecule has 0 aliphatic carbocycles. The molecule has 0 radical (unpaired) electrons. The van der Waals surface area contributed by atoms with Crippen molar-refractivity contribution in [1.29, 1.82) is 0 Å². The van der Waals surface area contributed by atoms with Crippen molar-refractivity contribution in [1.82, 2.24) is 0 Å². The van der Waals surface area contributed by atoms with E-state index in [0.29, 0.717) is 0 Å². The fourth-order valence-corrected chi connectivity index (χ4v) is 2.11. The maximum absolute atomic E-state index is 2.22. The molecule has 0 saturated heterocycles. The molecule has 18 heavy (non-hydrogen) atoms. The molecule has 2 aromatic carbocycles. The van der Waals surface area contributed by atoms with Crippen LogP contribution in [0.5, 0.6) is 0 Å². The number of aryl methyl sites for hydroxylation is 2. The first-order valence-corrected chi connectivity index (χ1v) is 6.88. The summed E-state index contributed by atoms with van der Waals surface area (Å²) in [5.74, 6) is 0. The number of rotatable bonds is 2. The van der Waals surface area contributed by atoms with E-state index in [1.54, 1.807) is 0 Å². The van der Waals surface area contributed by atoms with Crippen LogP contribution in [0.1, 0.15) is 37.5 Å². The van der Waals surface area contributed by atoms with Gasteiger partial charge >= 0.3 is 0 Å². The summed E-state index contributed by atoms with van der Waals surface area (Å²) < 4.78 is 0. The minimum atomic E-state index is 1.10. The van der Waals surface area contributed by atoms with Gasteiger partial charge in [0.15, 0.2) is 0 Å². The summed E-state index contributed by atoms with van der Waals surface area (Å²) >= 11 is 0. The van der Waals surface area contributed by atoms with E-state index in [1.165, 1.54) is 27.8 Å². The summed E-state index contributed by atoms with van der Waals surface area (Å²) in [4.78, 5) is 0. The molecule has 0 amide bonds. The Labute approximate surface area is 112 Å². The van der Waals surface area contributed by atoms with Crippen molar-refractivity contribution in [3.63, 3.8) is 0 Å². The van der Waals surface area contributed by atoms with Crippen LogP contribution < -0.4 is 0 Å². The van der Waals surface area contributed by atoms with Crippen LogP contribution in [-0.2, 0) is 6.42 Å². The first kappa shape index (κ1) is 14.5. The van der Waals surface area contributed by atoms with E-state index in [9.17, 15) is 0 Å². The molecule has 0 saturated carbocycles. The van der Waals surface area contributed by atoms with Crippen LogP contribution in [0.2, 0.25) is 0 Å². The second-order valence-electron chi connectivity index (χ2n) is 4.31. The Morgan fingerprint density at radius 3 is 2.00 bits per heavy atom. The second-order valence-corrected chi connectivity index (χ2v) is 4.31. The van der Waals surface area contributed by atoms with Gasteiger partial charge in [0.2, 0.25) is 0 Å². The molecule has 0 heteroatoms. The van der Waals surface area contributed by atoms with Crippen LogP contribution in [-0.4, -0.2) is 0 Å². The van der Waals surface area contributed by atoms with Crippen LogP contribution in [0, 0.1) is 13.8 Å². The van der Waals surface area contributed by atoms with E-state index in [1.807, 2.05) is 13.8 Å². The molecule has 0 N–H and O–H groups in total. The summed E-state index contributed by atoms with van der Waals surface area (Å²) in [7, 11) is 0. The maximum Gasteiger partial charge on any atom is -0.0152 e. The Kier molecular flexibility index (Phi) is 5.64. The highest BCUT2D eigenvalue weighted by atomic mass is 14.1. The lowest BCUT2D eigenvalue weighted by Gasteiger charge is -2.10. The predicted molar refractivity (Wildman–Crippen MR) is 82.1 cm³/mol. The van der Waals surface area contributed by atoms with Gasteiger partial charge in [0.1, 0.15) is 0 Å². The fourth-order valence-electron chi connectivity index (χ4n) is 2.11. The largest absolute Gasteiger partial charge is 0.0683 e. The molecule has 0 heterocycles. The molecule has 0 nitrogen and oxygen atoms in total. The fraction of sp³-hybridized carbons (Fsp3) is 0.333. The van der Waals surface area contributed by atoms with Crippen LogP contribution in [0.25, 0.3) is 11.1 Å². The van der Waals surface area contributed by atoms with Gasteiger partial charge in [-0.1, -0.05) is 68.8 Å². The van der Waals surface area contributed by atoms with E-state index in [0.717, 1.165) is 6.42 Å².